The van der Waals surface area contributed by atoms with Crippen LogP contribution in [0.5, 0.6) is 0 Å². The summed E-state index contributed by atoms with van der Waals surface area (Å²) < 4.78 is 0. The van der Waals surface area contributed by atoms with Crippen molar-refractivity contribution in [2.24, 2.45) is 0 Å². The second-order valence-electron chi connectivity index (χ2n) is 5.93. The zero-order valence-corrected chi connectivity index (χ0v) is 14.6. The van der Waals surface area contributed by atoms with Crippen LogP contribution in [0.3, 0.4) is 0 Å². The quantitative estimate of drug-likeness (QED) is 0.377. The van der Waals surface area contributed by atoms with Gasteiger partial charge in [-0.3, -0.25) is 9.59 Å². The third kappa shape index (κ3) is 15.5. The van der Waals surface area contributed by atoms with Crippen molar-refractivity contribution in [3.8, 4) is 0 Å². The molecule has 0 heterocycles. The molecule has 0 rings (SSSR count). The van der Waals surface area contributed by atoms with Crippen molar-refractivity contribution in [2.75, 3.05) is 32.8 Å². The monoisotopic (exact) mass is 330 g/mol. The number of carboxylic acids is 1. The van der Waals surface area contributed by atoms with Crippen LogP contribution >= 0.6 is 0 Å². The van der Waals surface area contributed by atoms with Crippen molar-refractivity contribution >= 4 is 11.9 Å². The van der Waals surface area contributed by atoms with Gasteiger partial charge in [0.15, 0.2) is 0 Å². The molecule has 0 atom stereocenters. The van der Waals surface area contributed by atoms with Gasteiger partial charge >= 0.3 is 5.97 Å². The maximum atomic E-state index is 11.7. The van der Waals surface area contributed by atoms with Gasteiger partial charge in [-0.15, -0.1) is 0 Å². The highest BCUT2D eigenvalue weighted by atomic mass is 16.4. The summed E-state index contributed by atoms with van der Waals surface area (Å²) in [7, 11) is 0. The van der Waals surface area contributed by atoms with Gasteiger partial charge in [0, 0.05) is 32.7 Å². The number of nitrogens with zero attached hydrogens (tertiary/aromatic N) is 1. The molecule has 0 aliphatic heterocycles. The molecule has 0 spiro atoms. The van der Waals surface area contributed by atoms with Crippen LogP contribution in [0.1, 0.15) is 64.7 Å². The predicted molar refractivity (Wildman–Crippen MR) is 91.4 cm³/mol. The lowest BCUT2D eigenvalue weighted by molar-refractivity contribution is -0.137. The predicted octanol–water partition coefficient (Wildman–Crippen LogP) is 2.01. The number of aliphatic carboxylic acids is 1. The van der Waals surface area contributed by atoms with Crippen molar-refractivity contribution in [3.05, 3.63) is 0 Å². The molecule has 0 unspecified atom stereocenters. The van der Waals surface area contributed by atoms with E-state index in [2.05, 4.69) is 12.2 Å². The Labute approximate surface area is 140 Å². The number of aliphatic hydroxyl groups excluding tert-OH is 1. The van der Waals surface area contributed by atoms with Crippen LogP contribution in [0.2, 0.25) is 0 Å². The third-order valence-corrected chi connectivity index (χ3v) is 3.78. The van der Waals surface area contributed by atoms with Crippen LogP contribution in [0.25, 0.3) is 0 Å². The lowest BCUT2D eigenvalue weighted by atomic mass is 10.1. The summed E-state index contributed by atoms with van der Waals surface area (Å²) in [6.45, 7) is 4.76. The maximum absolute atomic E-state index is 11.7. The van der Waals surface area contributed by atoms with E-state index in [1.807, 2.05) is 4.90 Å². The van der Waals surface area contributed by atoms with Crippen molar-refractivity contribution < 1.29 is 19.8 Å². The second kappa shape index (κ2) is 15.7. The van der Waals surface area contributed by atoms with E-state index in [1.54, 1.807) is 0 Å². The van der Waals surface area contributed by atoms with E-state index in [-0.39, 0.29) is 18.9 Å². The van der Waals surface area contributed by atoms with Gasteiger partial charge in [-0.05, 0) is 25.8 Å². The number of unbranched alkanes of at least 4 members (excludes halogenated alkanes) is 5. The fraction of sp³-hybridized carbons (Fsp3) is 0.882. The van der Waals surface area contributed by atoms with E-state index >= 15 is 0 Å². The average molecular weight is 330 g/mol. The normalized spacial score (nSPS) is 10.9. The van der Waals surface area contributed by atoms with Gasteiger partial charge in [0.1, 0.15) is 0 Å². The molecule has 6 nitrogen and oxygen atoms in total. The smallest absolute Gasteiger partial charge is 0.304 e. The Balaban J connectivity index is 3.80. The molecule has 6 heteroatoms. The summed E-state index contributed by atoms with van der Waals surface area (Å²) in [5.74, 6) is -0.733. The number of rotatable bonds is 16. The van der Waals surface area contributed by atoms with Crippen molar-refractivity contribution in [2.45, 2.75) is 64.7 Å². The van der Waals surface area contributed by atoms with Crippen LogP contribution in [0.15, 0.2) is 0 Å². The number of hydrogen-bond acceptors (Lipinski definition) is 4. The van der Waals surface area contributed by atoms with Gasteiger partial charge in [-0.25, -0.2) is 0 Å². The second-order valence-corrected chi connectivity index (χ2v) is 5.93. The van der Waals surface area contributed by atoms with E-state index in [0.717, 1.165) is 25.8 Å². The van der Waals surface area contributed by atoms with Crippen molar-refractivity contribution in [1.82, 2.24) is 10.2 Å². The fourth-order valence-electron chi connectivity index (χ4n) is 2.37. The molecule has 0 radical (unpaired) electrons. The van der Waals surface area contributed by atoms with Gasteiger partial charge in [-0.1, -0.05) is 32.6 Å². The molecule has 1 amide bonds. The molecule has 0 aromatic carbocycles. The highest BCUT2D eigenvalue weighted by Gasteiger charge is 2.08. The molecule has 0 aliphatic rings. The number of aliphatic hydroxyl groups is 1. The minimum atomic E-state index is -0.812. The van der Waals surface area contributed by atoms with Gasteiger partial charge in [-0.2, -0.15) is 0 Å². The Kier molecular flexibility index (Phi) is 15.0. The Hall–Kier alpha value is -1.14. The highest BCUT2D eigenvalue weighted by Crippen LogP contribution is 2.04. The summed E-state index contributed by atoms with van der Waals surface area (Å²) >= 11 is 0. The van der Waals surface area contributed by atoms with E-state index in [1.165, 1.54) is 19.3 Å². The molecule has 0 aliphatic carbocycles. The van der Waals surface area contributed by atoms with Gasteiger partial charge in [0.05, 0.1) is 6.42 Å². The van der Waals surface area contributed by atoms with Crippen LogP contribution in [0, 0.1) is 0 Å². The first kappa shape index (κ1) is 21.9. The zero-order chi connectivity index (χ0) is 17.3. The van der Waals surface area contributed by atoms with E-state index in [4.69, 9.17) is 10.2 Å². The average Bonchev–Trinajstić information content (AvgIpc) is 2.52. The molecular weight excluding hydrogens is 296 g/mol. The minimum Gasteiger partial charge on any atom is -0.481 e. The molecule has 0 aromatic rings. The minimum absolute atomic E-state index is 0.0787. The number of carbonyl (C=O) groups excluding carboxylic acids is 1. The van der Waals surface area contributed by atoms with Crippen LogP contribution < -0.4 is 5.32 Å². The lowest BCUT2D eigenvalue weighted by Crippen LogP contribution is -2.36. The number of carbonyl (C=O) groups is 2. The standard InChI is InChI=1S/C17H34N2O4/c1-2-3-4-5-6-9-16(21)18-11-14-19(12-7-8-15-20)13-10-17(22)23/h20H,2-15H2,1H3,(H,18,21)(H,22,23). The van der Waals surface area contributed by atoms with E-state index in [9.17, 15) is 9.59 Å². The molecule has 0 fully saturated rings. The molecule has 0 aromatic heterocycles. The molecule has 0 bridgehead atoms. The summed E-state index contributed by atoms with van der Waals surface area (Å²) in [6, 6.07) is 0. The first-order valence-electron chi connectivity index (χ1n) is 8.91. The van der Waals surface area contributed by atoms with Crippen molar-refractivity contribution in [3.63, 3.8) is 0 Å². The van der Waals surface area contributed by atoms with Gasteiger partial charge in [0.2, 0.25) is 5.91 Å². The number of nitrogens with one attached hydrogen (secondary N) is 1. The molecule has 23 heavy (non-hydrogen) atoms. The lowest BCUT2D eigenvalue weighted by Gasteiger charge is -2.21. The number of amides is 1. The Morgan fingerprint density at radius 2 is 1.65 bits per heavy atom. The Bertz CT molecular complexity index is 311. The molecule has 0 saturated heterocycles. The topological polar surface area (TPSA) is 89.9 Å². The molecular formula is C17H34N2O4. The van der Waals surface area contributed by atoms with Crippen LogP contribution in [-0.2, 0) is 9.59 Å². The SMILES string of the molecule is CCCCCCCC(=O)NCCN(CCCCO)CCC(=O)O. The summed E-state index contributed by atoms with van der Waals surface area (Å²) in [5, 5.41) is 20.5. The van der Waals surface area contributed by atoms with Crippen molar-refractivity contribution in [1.29, 1.82) is 0 Å². The largest absolute Gasteiger partial charge is 0.481 e. The van der Waals surface area contributed by atoms with Gasteiger partial charge in [0.25, 0.3) is 0 Å². The summed E-state index contributed by atoms with van der Waals surface area (Å²) in [5.41, 5.74) is 0. The Morgan fingerprint density at radius 1 is 0.913 bits per heavy atom. The van der Waals surface area contributed by atoms with E-state index < -0.39 is 5.97 Å². The van der Waals surface area contributed by atoms with Crippen LogP contribution in [-0.4, -0.2) is 59.8 Å². The fourth-order valence-corrected chi connectivity index (χ4v) is 2.37. The van der Waals surface area contributed by atoms with Crippen LogP contribution in [0.4, 0.5) is 0 Å². The first-order valence-corrected chi connectivity index (χ1v) is 8.91. The molecule has 3 N–H and O–H groups in total. The third-order valence-electron chi connectivity index (χ3n) is 3.78. The van der Waals surface area contributed by atoms with E-state index in [0.29, 0.717) is 32.5 Å². The zero-order valence-electron chi connectivity index (χ0n) is 14.6. The number of hydrogen-bond donors (Lipinski definition) is 3. The molecule has 0 saturated carbocycles. The summed E-state index contributed by atoms with van der Waals surface area (Å²) in [4.78, 5) is 24.4. The highest BCUT2D eigenvalue weighted by molar-refractivity contribution is 5.75. The van der Waals surface area contributed by atoms with Gasteiger partial charge < -0.3 is 20.4 Å². The first-order chi connectivity index (χ1) is 11.1. The Morgan fingerprint density at radius 3 is 2.30 bits per heavy atom. The molecule has 136 valence electrons. The number of carboxylic acid groups (broad SMARTS) is 1. The maximum Gasteiger partial charge on any atom is 0.304 e. The summed E-state index contributed by atoms with van der Waals surface area (Å²) in [6.07, 6.45) is 7.89.